The number of rotatable bonds is 2. The van der Waals surface area contributed by atoms with E-state index in [2.05, 4.69) is 4.98 Å². The second-order valence-electron chi connectivity index (χ2n) is 3.50. The maximum Gasteiger partial charge on any atom is 0.126 e. The standard InChI is InChI=1S/C13H8F2N2/c14-11-6-10(7-12(15)8-11)13-9(3-4-16)2-1-5-17-13/h1-2,5-8H,3H2. The van der Waals surface area contributed by atoms with Gasteiger partial charge >= 0.3 is 0 Å². The first kappa shape index (κ1) is 11.2. The van der Waals surface area contributed by atoms with Gasteiger partial charge in [0.25, 0.3) is 0 Å². The van der Waals surface area contributed by atoms with Crippen LogP contribution in [-0.2, 0) is 6.42 Å². The van der Waals surface area contributed by atoms with Crippen LogP contribution in [0, 0.1) is 23.0 Å². The van der Waals surface area contributed by atoms with Crippen molar-refractivity contribution >= 4 is 0 Å². The molecule has 17 heavy (non-hydrogen) atoms. The third-order valence-corrected chi connectivity index (χ3v) is 2.30. The van der Waals surface area contributed by atoms with Crippen molar-refractivity contribution < 1.29 is 8.78 Å². The minimum atomic E-state index is -0.659. The van der Waals surface area contributed by atoms with Gasteiger partial charge in [-0.1, -0.05) is 6.07 Å². The maximum atomic E-state index is 13.1. The number of benzene rings is 1. The van der Waals surface area contributed by atoms with E-state index in [0.717, 1.165) is 6.07 Å². The molecule has 0 saturated heterocycles. The molecule has 0 amide bonds. The Kier molecular flexibility index (Phi) is 3.10. The van der Waals surface area contributed by atoms with E-state index >= 15 is 0 Å². The molecule has 0 radical (unpaired) electrons. The van der Waals surface area contributed by atoms with Gasteiger partial charge in [-0.15, -0.1) is 0 Å². The van der Waals surface area contributed by atoms with E-state index in [9.17, 15) is 8.78 Å². The minimum Gasteiger partial charge on any atom is -0.256 e. The third kappa shape index (κ3) is 2.45. The van der Waals surface area contributed by atoms with Gasteiger partial charge in [-0.3, -0.25) is 4.98 Å². The highest BCUT2D eigenvalue weighted by molar-refractivity contribution is 5.63. The Hall–Kier alpha value is -2.28. The van der Waals surface area contributed by atoms with Gasteiger partial charge in [0, 0.05) is 17.8 Å². The van der Waals surface area contributed by atoms with Crippen molar-refractivity contribution in [3.8, 4) is 17.3 Å². The fourth-order valence-corrected chi connectivity index (χ4v) is 1.62. The van der Waals surface area contributed by atoms with Crippen molar-refractivity contribution in [3.63, 3.8) is 0 Å². The lowest BCUT2D eigenvalue weighted by molar-refractivity contribution is 0.584. The summed E-state index contributed by atoms with van der Waals surface area (Å²) in [6.45, 7) is 0. The summed E-state index contributed by atoms with van der Waals surface area (Å²) in [6, 6.07) is 8.60. The summed E-state index contributed by atoms with van der Waals surface area (Å²) in [5, 5.41) is 8.67. The number of halogens is 2. The lowest BCUT2D eigenvalue weighted by atomic mass is 10.0. The summed E-state index contributed by atoms with van der Waals surface area (Å²) in [4.78, 5) is 4.07. The van der Waals surface area contributed by atoms with Gasteiger partial charge in [-0.2, -0.15) is 5.26 Å². The molecule has 2 rings (SSSR count). The summed E-state index contributed by atoms with van der Waals surface area (Å²) >= 11 is 0. The molecule has 0 saturated carbocycles. The number of hydrogen-bond acceptors (Lipinski definition) is 2. The fraction of sp³-hybridized carbons (Fsp3) is 0.0769. The van der Waals surface area contributed by atoms with E-state index in [1.807, 2.05) is 6.07 Å². The quantitative estimate of drug-likeness (QED) is 0.794. The van der Waals surface area contributed by atoms with Gasteiger partial charge in [-0.25, -0.2) is 8.78 Å². The number of nitrogens with zero attached hydrogens (tertiary/aromatic N) is 2. The van der Waals surface area contributed by atoms with Gasteiger partial charge in [0.1, 0.15) is 11.6 Å². The summed E-state index contributed by atoms with van der Waals surface area (Å²) in [7, 11) is 0. The molecule has 1 aromatic carbocycles. The Balaban J connectivity index is 2.56. The van der Waals surface area contributed by atoms with Crippen molar-refractivity contribution in [2.24, 2.45) is 0 Å². The predicted octanol–water partition coefficient (Wildman–Crippen LogP) is 3.09. The van der Waals surface area contributed by atoms with Gasteiger partial charge in [0.15, 0.2) is 0 Å². The molecule has 0 unspecified atom stereocenters. The maximum absolute atomic E-state index is 13.1. The number of nitriles is 1. The zero-order chi connectivity index (χ0) is 12.3. The van der Waals surface area contributed by atoms with Crippen molar-refractivity contribution in [1.29, 1.82) is 5.26 Å². The lowest BCUT2D eigenvalue weighted by Gasteiger charge is -2.05. The van der Waals surface area contributed by atoms with Gasteiger partial charge in [0.05, 0.1) is 18.2 Å². The first-order chi connectivity index (χ1) is 8.20. The average molecular weight is 230 g/mol. The summed E-state index contributed by atoms with van der Waals surface area (Å²) in [5.41, 5.74) is 1.43. The molecule has 0 fully saturated rings. The molecular weight excluding hydrogens is 222 g/mol. The summed E-state index contributed by atoms with van der Waals surface area (Å²) < 4.78 is 26.2. The molecule has 2 aromatic rings. The SMILES string of the molecule is N#CCc1cccnc1-c1cc(F)cc(F)c1. The van der Waals surface area contributed by atoms with E-state index in [-0.39, 0.29) is 6.42 Å². The number of aromatic nitrogens is 1. The highest BCUT2D eigenvalue weighted by Gasteiger charge is 2.08. The molecule has 2 nitrogen and oxygen atoms in total. The molecule has 0 spiro atoms. The van der Waals surface area contributed by atoms with Crippen LogP contribution in [0.25, 0.3) is 11.3 Å². The Bertz CT molecular complexity index is 568. The van der Waals surface area contributed by atoms with Crippen LogP contribution >= 0.6 is 0 Å². The molecule has 84 valence electrons. The third-order valence-electron chi connectivity index (χ3n) is 2.30. The fourth-order valence-electron chi connectivity index (χ4n) is 1.62. The van der Waals surface area contributed by atoms with Crippen molar-refractivity contribution in [2.45, 2.75) is 6.42 Å². The van der Waals surface area contributed by atoms with Crippen LogP contribution in [0.5, 0.6) is 0 Å². The first-order valence-electron chi connectivity index (χ1n) is 4.98. The molecule has 1 heterocycles. The normalized spacial score (nSPS) is 9.94. The number of hydrogen-bond donors (Lipinski definition) is 0. The van der Waals surface area contributed by atoms with E-state index in [1.165, 1.54) is 18.3 Å². The van der Waals surface area contributed by atoms with Crippen molar-refractivity contribution in [2.75, 3.05) is 0 Å². The number of pyridine rings is 1. The molecular formula is C13H8F2N2. The van der Waals surface area contributed by atoms with Crippen molar-refractivity contribution in [1.82, 2.24) is 4.98 Å². The van der Waals surface area contributed by atoms with E-state index in [1.54, 1.807) is 12.1 Å². The van der Waals surface area contributed by atoms with Crippen LogP contribution in [0.3, 0.4) is 0 Å². The monoisotopic (exact) mass is 230 g/mol. The van der Waals surface area contributed by atoms with Gasteiger partial charge in [0.2, 0.25) is 0 Å². The van der Waals surface area contributed by atoms with E-state index < -0.39 is 11.6 Å². The van der Waals surface area contributed by atoms with Crippen LogP contribution in [0.2, 0.25) is 0 Å². The van der Waals surface area contributed by atoms with Crippen molar-refractivity contribution in [3.05, 3.63) is 53.7 Å². The molecule has 4 heteroatoms. The highest BCUT2D eigenvalue weighted by atomic mass is 19.1. The van der Waals surface area contributed by atoms with Gasteiger partial charge in [-0.05, 0) is 23.8 Å². The van der Waals surface area contributed by atoms with Gasteiger partial charge < -0.3 is 0 Å². The van der Waals surface area contributed by atoms with Crippen LogP contribution < -0.4 is 0 Å². The lowest BCUT2D eigenvalue weighted by Crippen LogP contribution is -1.93. The molecule has 0 aliphatic heterocycles. The zero-order valence-corrected chi connectivity index (χ0v) is 8.82. The van der Waals surface area contributed by atoms with Crippen LogP contribution in [0.15, 0.2) is 36.5 Å². The smallest absolute Gasteiger partial charge is 0.126 e. The van der Waals surface area contributed by atoms with Crippen LogP contribution in [0.4, 0.5) is 8.78 Å². The largest absolute Gasteiger partial charge is 0.256 e. The Morgan fingerprint density at radius 2 is 1.88 bits per heavy atom. The second-order valence-corrected chi connectivity index (χ2v) is 3.50. The Morgan fingerprint density at radius 3 is 2.53 bits per heavy atom. The first-order valence-corrected chi connectivity index (χ1v) is 4.98. The summed E-state index contributed by atoms with van der Waals surface area (Å²) in [6.07, 6.45) is 1.68. The van der Waals surface area contributed by atoms with Crippen LogP contribution in [0.1, 0.15) is 5.56 Å². The van der Waals surface area contributed by atoms with Crippen LogP contribution in [-0.4, -0.2) is 4.98 Å². The highest BCUT2D eigenvalue weighted by Crippen LogP contribution is 2.23. The van der Waals surface area contributed by atoms with E-state index in [4.69, 9.17) is 5.26 Å². The second kappa shape index (κ2) is 4.71. The molecule has 0 bridgehead atoms. The Morgan fingerprint density at radius 1 is 1.18 bits per heavy atom. The predicted molar refractivity (Wildman–Crippen MR) is 58.9 cm³/mol. The zero-order valence-electron chi connectivity index (χ0n) is 8.82. The molecule has 0 aliphatic carbocycles. The average Bonchev–Trinajstić information content (AvgIpc) is 2.29. The molecule has 0 aliphatic rings. The summed E-state index contributed by atoms with van der Waals surface area (Å²) in [5.74, 6) is -1.32. The Labute approximate surface area is 97.2 Å². The minimum absolute atomic E-state index is 0.154. The molecule has 0 atom stereocenters. The topological polar surface area (TPSA) is 36.7 Å². The molecule has 1 aromatic heterocycles. The molecule has 0 N–H and O–H groups in total. The van der Waals surface area contributed by atoms with E-state index in [0.29, 0.717) is 16.8 Å².